The quantitative estimate of drug-likeness (QED) is 0.850. The van der Waals surface area contributed by atoms with E-state index in [2.05, 4.69) is 24.0 Å². The molecular formula is C13H16N2O. The molecule has 2 rings (SSSR count). The van der Waals surface area contributed by atoms with Crippen LogP contribution in [0.2, 0.25) is 0 Å². The van der Waals surface area contributed by atoms with E-state index in [1.165, 1.54) is 5.56 Å². The molecular weight excluding hydrogens is 200 g/mol. The van der Waals surface area contributed by atoms with E-state index in [0.717, 1.165) is 12.2 Å². The molecule has 0 fully saturated rings. The molecule has 0 aliphatic rings. The Morgan fingerprint density at radius 1 is 1.31 bits per heavy atom. The van der Waals surface area contributed by atoms with Gasteiger partial charge < -0.3 is 9.67 Å². The minimum atomic E-state index is 0.0432. The van der Waals surface area contributed by atoms with Gasteiger partial charge in [0.25, 0.3) is 0 Å². The first-order valence-electron chi connectivity index (χ1n) is 5.46. The molecule has 0 radical (unpaired) electrons. The summed E-state index contributed by atoms with van der Waals surface area (Å²) in [5, 5.41) is 9.13. The Hall–Kier alpha value is -1.61. The zero-order valence-corrected chi connectivity index (χ0v) is 9.37. The van der Waals surface area contributed by atoms with E-state index in [9.17, 15) is 0 Å². The fourth-order valence-electron chi connectivity index (χ4n) is 1.83. The lowest BCUT2D eigenvalue weighted by atomic mass is 10.0. The number of hydrogen-bond acceptors (Lipinski definition) is 2. The molecule has 1 N–H and O–H groups in total. The maximum Gasteiger partial charge on any atom is 0.0949 e. The van der Waals surface area contributed by atoms with Crippen LogP contribution in [0.15, 0.2) is 42.9 Å². The highest BCUT2D eigenvalue weighted by atomic mass is 16.3. The molecule has 0 spiro atoms. The highest BCUT2D eigenvalue weighted by molar-refractivity contribution is 5.18. The molecule has 1 unspecified atom stereocenters. The second kappa shape index (κ2) is 4.94. The monoisotopic (exact) mass is 216 g/mol. The van der Waals surface area contributed by atoms with Gasteiger partial charge in [-0.25, -0.2) is 4.98 Å². The first-order chi connectivity index (χ1) is 7.81. The van der Waals surface area contributed by atoms with Crippen molar-refractivity contribution < 1.29 is 5.11 Å². The largest absolute Gasteiger partial charge is 0.390 e. The topological polar surface area (TPSA) is 38.0 Å². The lowest BCUT2D eigenvalue weighted by Gasteiger charge is -2.14. The number of nitrogens with zero attached hydrogens (tertiary/aromatic N) is 2. The Labute approximate surface area is 95.4 Å². The minimum Gasteiger partial charge on any atom is -0.390 e. The maximum absolute atomic E-state index is 9.13. The van der Waals surface area contributed by atoms with Crippen molar-refractivity contribution in [2.75, 3.05) is 0 Å². The molecule has 0 bridgehead atoms. The van der Waals surface area contributed by atoms with Gasteiger partial charge in [-0.2, -0.15) is 0 Å². The normalized spacial score (nSPS) is 12.6. The second-order valence-corrected chi connectivity index (χ2v) is 4.01. The van der Waals surface area contributed by atoms with Crippen LogP contribution in [0.25, 0.3) is 0 Å². The van der Waals surface area contributed by atoms with Gasteiger partial charge >= 0.3 is 0 Å². The molecule has 16 heavy (non-hydrogen) atoms. The number of imidazole rings is 1. The third-order valence-corrected chi connectivity index (χ3v) is 2.80. The first-order valence-corrected chi connectivity index (χ1v) is 5.46. The number of hydrogen-bond donors (Lipinski definition) is 1. The summed E-state index contributed by atoms with van der Waals surface area (Å²) in [6, 6.07) is 10.4. The molecule has 84 valence electrons. The summed E-state index contributed by atoms with van der Waals surface area (Å²) in [6.07, 6.45) is 3.47. The van der Waals surface area contributed by atoms with E-state index in [4.69, 9.17) is 5.11 Å². The van der Waals surface area contributed by atoms with Crippen LogP contribution in [0.3, 0.4) is 0 Å². The van der Waals surface area contributed by atoms with Gasteiger partial charge in [-0.15, -0.1) is 0 Å². The van der Waals surface area contributed by atoms with Gasteiger partial charge in [-0.3, -0.25) is 0 Å². The van der Waals surface area contributed by atoms with Crippen molar-refractivity contribution in [2.45, 2.75) is 26.0 Å². The second-order valence-electron chi connectivity index (χ2n) is 4.01. The lowest BCUT2D eigenvalue weighted by Crippen LogP contribution is -2.08. The number of aromatic nitrogens is 2. The van der Waals surface area contributed by atoms with E-state index in [1.54, 1.807) is 12.5 Å². The molecule has 0 saturated carbocycles. The highest BCUT2D eigenvalue weighted by Crippen LogP contribution is 2.17. The standard InChI is InChI=1S/C13H16N2O/c1-11(12-5-3-2-4-6-12)8-15-10-14-7-13(15)9-16/h2-7,10-11,16H,8-9H2,1H3. The molecule has 2 aromatic rings. The molecule has 1 aromatic heterocycles. The van der Waals surface area contributed by atoms with Crippen molar-refractivity contribution in [1.82, 2.24) is 9.55 Å². The van der Waals surface area contributed by atoms with Crippen LogP contribution >= 0.6 is 0 Å². The molecule has 0 amide bonds. The van der Waals surface area contributed by atoms with Crippen molar-refractivity contribution in [2.24, 2.45) is 0 Å². The summed E-state index contributed by atoms with van der Waals surface area (Å²) in [4.78, 5) is 4.04. The van der Waals surface area contributed by atoms with Gasteiger partial charge in [0.2, 0.25) is 0 Å². The Bertz CT molecular complexity index is 436. The van der Waals surface area contributed by atoms with Crippen LogP contribution in [-0.4, -0.2) is 14.7 Å². The summed E-state index contributed by atoms with van der Waals surface area (Å²) in [6.45, 7) is 3.07. The average molecular weight is 216 g/mol. The zero-order chi connectivity index (χ0) is 11.4. The van der Waals surface area contributed by atoms with Crippen LogP contribution < -0.4 is 0 Å². The Morgan fingerprint density at radius 3 is 2.75 bits per heavy atom. The summed E-state index contributed by atoms with van der Waals surface area (Å²) in [5.41, 5.74) is 2.17. The molecule has 0 saturated heterocycles. The summed E-state index contributed by atoms with van der Waals surface area (Å²) >= 11 is 0. The van der Waals surface area contributed by atoms with E-state index < -0.39 is 0 Å². The number of benzene rings is 1. The van der Waals surface area contributed by atoms with Crippen LogP contribution in [-0.2, 0) is 13.2 Å². The third kappa shape index (κ3) is 2.31. The van der Waals surface area contributed by atoms with Crippen molar-refractivity contribution in [3.05, 3.63) is 54.1 Å². The molecule has 1 atom stereocenters. The average Bonchev–Trinajstić information content (AvgIpc) is 2.77. The fourth-order valence-corrected chi connectivity index (χ4v) is 1.83. The highest BCUT2D eigenvalue weighted by Gasteiger charge is 2.08. The molecule has 1 heterocycles. The third-order valence-electron chi connectivity index (χ3n) is 2.80. The predicted molar refractivity (Wildman–Crippen MR) is 63.0 cm³/mol. The number of aliphatic hydroxyl groups is 1. The number of aliphatic hydroxyl groups excluding tert-OH is 1. The van der Waals surface area contributed by atoms with Gasteiger partial charge in [0, 0.05) is 6.54 Å². The molecule has 1 aromatic carbocycles. The summed E-state index contributed by atoms with van der Waals surface area (Å²) < 4.78 is 2.00. The van der Waals surface area contributed by atoms with E-state index >= 15 is 0 Å². The minimum absolute atomic E-state index is 0.0432. The van der Waals surface area contributed by atoms with Crippen molar-refractivity contribution >= 4 is 0 Å². The Balaban J connectivity index is 2.11. The van der Waals surface area contributed by atoms with Crippen LogP contribution in [0.1, 0.15) is 24.1 Å². The van der Waals surface area contributed by atoms with E-state index in [-0.39, 0.29) is 6.61 Å². The summed E-state index contributed by atoms with van der Waals surface area (Å²) in [7, 11) is 0. The molecule has 3 nitrogen and oxygen atoms in total. The number of rotatable bonds is 4. The van der Waals surface area contributed by atoms with Crippen LogP contribution in [0, 0.1) is 0 Å². The van der Waals surface area contributed by atoms with Gasteiger partial charge in [0.05, 0.1) is 24.8 Å². The molecule has 0 aliphatic heterocycles. The van der Waals surface area contributed by atoms with Crippen molar-refractivity contribution in [3.8, 4) is 0 Å². The Morgan fingerprint density at radius 2 is 2.06 bits per heavy atom. The van der Waals surface area contributed by atoms with Gasteiger partial charge in [0.15, 0.2) is 0 Å². The maximum atomic E-state index is 9.13. The van der Waals surface area contributed by atoms with Gasteiger partial charge in [0.1, 0.15) is 0 Å². The smallest absolute Gasteiger partial charge is 0.0949 e. The Kier molecular flexibility index (Phi) is 3.37. The first kappa shape index (κ1) is 10.9. The van der Waals surface area contributed by atoms with Gasteiger partial charge in [-0.05, 0) is 11.5 Å². The van der Waals surface area contributed by atoms with Gasteiger partial charge in [-0.1, -0.05) is 37.3 Å². The van der Waals surface area contributed by atoms with Crippen LogP contribution in [0.4, 0.5) is 0 Å². The molecule has 3 heteroatoms. The van der Waals surface area contributed by atoms with E-state index in [1.807, 2.05) is 22.8 Å². The van der Waals surface area contributed by atoms with E-state index in [0.29, 0.717) is 5.92 Å². The van der Waals surface area contributed by atoms with Crippen molar-refractivity contribution in [3.63, 3.8) is 0 Å². The zero-order valence-electron chi connectivity index (χ0n) is 9.37. The predicted octanol–water partition coefficient (Wildman–Crippen LogP) is 2.18. The molecule has 0 aliphatic carbocycles. The lowest BCUT2D eigenvalue weighted by molar-refractivity contribution is 0.269. The summed E-state index contributed by atoms with van der Waals surface area (Å²) in [5.74, 6) is 0.417. The fraction of sp³-hybridized carbons (Fsp3) is 0.308. The van der Waals surface area contributed by atoms with Crippen LogP contribution in [0.5, 0.6) is 0 Å². The van der Waals surface area contributed by atoms with Crippen molar-refractivity contribution in [1.29, 1.82) is 0 Å². The SMILES string of the molecule is CC(Cn1cncc1CO)c1ccccc1.